The molecule has 0 aliphatic carbocycles. The Balaban J connectivity index is 1.28. The maximum absolute atomic E-state index is 11.0. The molecule has 0 aliphatic rings. The van der Waals surface area contributed by atoms with Crippen molar-refractivity contribution in [1.29, 1.82) is 0 Å². The molecule has 3 N–H and O–H groups in total. The molecule has 0 fully saturated rings. The van der Waals surface area contributed by atoms with Gasteiger partial charge in [-0.15, -0.1) is 0 Å². The molecule has 0 atom stereocenters. The highest BCUT2D eigenvalue weighted by Crippen LogP contribution is 2.20. The van der Waals surface area contributed by atoms with E-state index in [-0.39, 0.29) is 5.69 Å². The summed E-state index contributed by atoms with van der Waals surface area (Å²) in [6, 6.07) is 11.5. The van der Waals surface area contributed by atoms with Crippen molar-refractivity contribution in [3.05, 3.63) is 94.5 Å². The summed E-state index contributed by atoms with van der Waals surface area (Å²) in [6.07, 6.45) is 6.79. The van der Waals surface area contributed by atoms with Crippen molar-refractivity contribution in [2.75, 3.05) is 5.73 Å². The number of aromatic nitrogens is 7. The van der Waals surface area contributed by atoms with Crippen molar-refractivity contribution >= 4 is 22.8 Å². The van der Waals surface area contributed by atoms with Crippen LogP contribution in [-0.4, -0.2) is 45.6 Å². The lowest BCUT2D eigenvalue weighted by Crippen LogP contribution is -2.04. The number of rotatable bonds is 8. The third-order valence-electron chi connectivity index (χ3n) is 6.20. The van der Waals surface area contributed by atoms with Crippen LogP contribution in [0, 0.1) is 13.8 Å². The van der Waals surface area contributed by atoms with Crippen LogP contribution in [0.1, 0.15) is 44.1 Å². The number of nitrogens with two attached hydrogens (primary N) is 1. The number of hydrogen-bond donors (Lipinski definition) is 2. The summed E-state index contributed by atoms with van der Waals surface area (Å²) >= 11 is 0. The van der Waals surface area contributed by atoms with Gasteiger partial charge in [0, 0.05) is 18.1 Å². The second-order valence-corrected chi connectivity index (χ2v) is 8.83. The van der Waals surface area contributed by atoms with Crippen molar-refractivity contribution in [2.45, 2.75) is 39.8 Å². The molecule has 0 unspecified atom stereocenters. The highest BCUT2D eigenvalue weighted by Gasteiger charge is 2.12. The van der Waals surface area contributed by atoms with Gasteiger partial charge in [-0.25, -0.2) is 19.7 Å². The molecule has 0 spiro atoms. The molecule has 0 radical (unpaired) electrons. The van der Waals surface area contributed by atoms with Crippen LogP contribution in [0.2, 0.25) is 0 Å². The van der Waals surface area contributed by atoms with Crippen molar-refractivity contribution in [3.63, 3.8) is 0 Å². The Bertz CT molecular complexity index is 1530. The number of nitrogens with zero attached hydrogens (tertiary/aromatic N) is 7. The van der Waals surface area contributed by atoms with Gasteiger partial charge in [0.1, 0.15) is 12.1 Å². The monoisotopic (exact) mass is 482 g/mol. The zero-order chi connectivity index (χ0) is 25.2. The largest absolute Gasteiger partial charge is 0.476 e. The van der Waals surface area contributed by atoms with Crippen molar-refractivity contribution in [1.82, 2.24) is 34.5 Å². The highest BCUT2D eigenvalue weighted by molar-refractivity contribution is 5.85. The number of aromatic carboxylic acids is 1. The molecule has 0 bridgehead atoms. The molecule has 0 saturated carbocycles. The quantitative estimate of drug-likeness (QED) is 0.344. The zero-order valence-electron chi connectivity index (χ0n) is 20.1. The Labute approximate surface area is 207 Å². The van der Waals surface area contributed by atoms with Gasteiger partial charge in [0.05, 0.1) is 24.2 Å². The Hall–Kier alpha value is -4.60. The number of anilines is 1. The van der Waals surface area contributed by atoms with E-state index in [0.29, 0.717) is 24.6 Å². The second kappa shape index (κ2) is 9.57. The van der Waals surface area contributed by atoms with Crippen LogP contribution >= 0.6 is 0 Å². The van der Waals surface area contributed by atoms with Gasteiger partial charge in [-0.3, -0.25) is 9.36 Å². The molecule has 0 amide bonds. The van der Waals surface area contributed by atoms with Crippen LogP contribution < -0.4 is 5.73 Å². The van der Waals surface area contributed by atoms with Gasteiger partial charge >= 0.3 is 5.97 Å². The average Bonchev–Trinajstić information content (AvgIpc) is 3.47. The fourth-order valence-electron chi connectivity index (χ4n) is 4.41. The molecular formula is C26H26N8O2. The van der Waals surface area contributed by atoms with Gasteiger partial charge < -0.3 is 10.8 Å². The molecular weight excluding hydrogens is 456 g/mol. The van der Waals surface area contributed by atoms with Gasteiger partial charge in [0.2, 0.25) is 0 Å². The molecule has 0 aliphatic heterocycles. The van der Waals surface area contributed by atoms with Crippen molar-refractivity contribution in [2.24, 2.45) is 0 Å². The Kier molecular flexibility index (Phi) is 6.16. The molecule has 4 aromatic heterocycles. The summed E-state index contributed by atoms with van der Waals surface area (Å²) in [5.74, 6) is -0.489. The number of hydrogen-bond acceptors (Lipinski definition) is 7. The molecule has 182 valence electrons. The molecule has 36 heavy (non-hydrogen) atoms. The van der Waals surface area contributed by atoms with Gasteiger partial charge in [0.25, 0.3) is 0 Å². The van der Waals surface area contributed by atoms with E-state index >= 15 is 0 Å². The molecule has 1 aromatic carbocycles. The average molecular weight is 483 g/mol. The van der Waals surface area contributed by atoms with Crippen LogP contribution in [-0.2, 0) is 25.9 Å². The smallest absolute Gasteiger partial charge is 0.356 e. The first-order valence-electron chi connectivity index (χ1n) is 11.6. The van der Waals surface area contributed by atoms with E-state index in [0.717, 1.165) is 46.3 Å². The first kappa shape index (κ1) is 23.2. The van der Waals surface area contributed by atoms with E-state index in [1.165, 1.54) is 11.6 Å². The lowest BCUT2D eigenvalue weighted by molar-refractivity contribution is 0.0689. The minimum absolute atomic E-state index is 0.0373. The summed E-state index contributed by atoms with van der Waals surface area (Å²) in [6.45, 7) is 5.14. The molecule has 4 heterocycles. The van der Waals surface area contributed by atoms with E-state index in [9.17, 15) is 4.79 Å². The first-order chi connectivity index (χ1) is 17.4. The number of carbonyl (C=O) groups is 1. The summed E-state index contributed by atoms with van der Waals surface area (Å²) in [7, 11) is 0. The van der Waals surface area contributed by atoms with Crippen LogP contribution in [0.5, 0.6) is 0 Å². The molecule has 5 rings (SSSR count). The Morgan fingerprint density at radius 3 is 2.36 bits per heavy atom. The summed E-state index contributed by atoms with van der Waals surface area (Å²) < 4.78 is 3.49. The number of pyridine rings is 1. The van der Waals surface area contributed by atoms with Gasteiger partial charge in [-0.05, 0) is 61.1 Å². The minimum Gasteiger partial charge on any atom is -0.476 e. The van der Waals surface area contributed by atoms with E-state index in [2.05, 4.69) is 32.1 Å². The Morgan fingerprint density at radius 2 is 1.69 bits per heavy atom. The zero-order valence-corrected chi connectivity index (χ0v) is 20.1. The number of aryl methyl sites for hydroxylation is 3. The van der Waals surface area contributed by atoms with Gasteiger partial charge in [-0.2, -0.15) is 10.2 Å². The predicted octanol–water partition coefficient (Wildman–Crippen LogP) is 3.20. The molecule has 10 heteroatoms. The molecule has 10 nitrogen and oxygen atoms in total. The van der Waals surface area contributed by atoms with Crippen molar-refractivity contribution < 1.29 is 9.90 Å². The third-order valence-corrected chi connectivity index (χ3v) is 6.20. The summed E-state index contributed by atoms with van der Waals surface area (Å²) in [4.78, 5) is 24.3. The third kappa shape index (κ3) is 4.92. The fourth-order valence-corrected chi connectivity index (χ4v) is 4.41. The summed E-state index contributed by atoms with van der Waals surface area (Å²) in [5, 5.41) is 18.7. The first-order valence-corrected chi connectivity index (χ1v) is 11.6. The van der Waals surface area contributed by atoms with Crippen LogP contribution in [0.3, 0.4) is 0 Å². The predicted molar refractivity (Wildman–Crippen MR) is 135 cm³/mol. The number of nitrogen functional groups attached to an aromatic ring is 1. The van der Waals surface area contributed by atoms with Crippen LogP contribution in [0.4, 0.5) is 5.82 Å². The van der Waals surface area contributed by atoms with Crippen LogP contribution in [0.15, 0.2) is 55.1 Å². The lowest BCUT2D eigenvalue weighted by atomic mass is 10.0. The minimum atomic E-state index is -1.03. The number of fused-ring (bicyclic) bond motifs is 1. The van der Waals surface area contributed by atoms with E-state index in [1.807, 2.05) is 48.1 Å². The maximum Gasteiger partial charge on any atom is 0.356 e. The normalized spacial score (nSPS) is 11.3. The number of carboxylic acid groups (broad SMARTS) is 1. The fraction of sp³-hybridized carbons (Fsp3) is 0.231. The standard InChI is InChI=1S/C26H26N8O2/c1-16-11-24(27)30-17(2)20(16)7-8-22-21-14-34(32-25(21)29-15-28-22)13-19-5-3-18(4-6-19)12-33-10-9-23(31-33)26(35)36/h3-6,9-11,14-15H,7-8,12-13H2,1-2H3,(H2,27,30)(H,35,36). The van der Waals surface area contributed by atoms with E-state index < -0.39 is 5.97 Å². The maximum atomic E-state index is 11.0. The van der Waals surface area contributed by atoms with Crippen LogP contribution in [0.25, 0.3) is 11.0 Å². The SMILES string of the molecule is Cc1cc(N)nc(C)c1CCc1ncnc2nn(Cc3ccc(Cn4ccc(C(=O)O)n4)cc3)cc12. The number of benzene rings is 1. The summed E-state index contributed by atoms with van der Waals surface area (Å²) in [5.41, 5.74) is 12.9. The van der Waals surface area contributed by atoms with E-state index in [4.69, 9.17) is 10.8 Å². The van der Waals surface area contributed by atoms with E-state index in [1.54, 1.807) is 17.2 Å². The van der Waals surface area contributed by atoms with Gasteiger partial charge in [0.15, 0.2) is 11.3 Å². The number of carboxylic acids is 1. The topological polar surface area (TPSA) is 138 Å². The van der Waals surface area contributed by atoms with Gasteiger partial charge in [-0.1, -0.05) is 24.3 Å². The Morgan fingerprint density at radius 1 is 0.972 bits per heavy atom. The molecule has 5 aromatic rings. The second-order valence-electron chi connectivity index (χ2n) is 8.83. The highest BCUT2D eigenvalue weighted by atomic mass is 16.4. The van der Waals surface area contributed by atoms with Crippen molar-refractivity contribution in [3.8, 4) is 0 Å². The molecule has 0 saturated heterocycles. The lowest BCUT2D eigenvalue weighted by Gasteiger charge is -2.10.